The van der Waals surface area contributed by atoms with Crippen LogP contribution in [0.2, 0.25) is 0 Å². The third kappa shape index (κ3) is 5.29. The number of alkyl carbamates (subject to hydrolysis) is 1. The summed E-state index contributed by atoms with van der Waals surface area (Å²) in [6.07, 6.45) is 2.06. The van der Waals surface area contributed by atoms with Crippen LogP contribution in [0.1, 0.15) is 43.4 Å². The van der Waals surface area contributed by atoms with Gasteiger partial charge in [-0.3, -0.25) is 9.89 Å². The van der Waals surface area contributed by atoms with Crippen LogP contribution < -0.4 is 10.6 Å². The van der Waals surface area contributed by atoms with E-state index in [1.54, 1.807) is 12.1 Å². The lowest BCUT2D eigenvalue weighted by atomic mass is 10.0. The van der Waals surface area contributed by atoms with Gasteiger partial charge in [0.15, 0.2) is 5.82 Å². The molecule has 1 aromatic carbocycles. The molecule has 1 aliphatic carbocycles. The van der Waals surface area contributed by atoms with Crippen LogP contribution in [-0.2, 0) is 16.0 Å². The largest absolute Gasteiger partial charge is 0.446 e. The van der Waals surface area contributed by atoms with Crippen LogP contribution in [0.15, 0.2) is 30.3 Å². The molecule has 144 valence electrons. The molecule has 7 nitrogen and oxygen atoms in total. The molecule has 2 unspecified atom stereocenters. The first-order chi connectivity index (χ1) is 13.0. The number of aromatic amines is 1. The highest BCUT2D eigenvalue weighted by atomic mass is 19.1. The fourth-order valence-electron chi connectivity index (χ4n) is 3.25. The zero-order chi connectivity index (χ0) is 19.2. The molecule has 0 bridgehead atoms. The first-order valence-corrected chi connectivity index (χ1v) is 9.07. The fourth-order valence-corrected chi connectivity index (χ4v) is 3.25. The van der Waals surface area contributed by atoms with E-state index in [0.29, 0.717) is 12.4 Å². The molecule has 0 aliphatic heterocycles. The first-order valence-electron chi connectivity index (χ1n) is 9.07. The molecule has 3 N–H and O–H groups in total. The summed E-state index contributed by atoms with van der Waals surface area (Å²) in [4.78, 5) is 23.6. The monoisotopic (exact) mass is 374 g/mol. The highest BCUT2D eigenvalue weighted by Crippen LogP contribution is 2.35. The van der Waals surface area contributed by atoms with Crippen LogP contribution in [0.4, 0.5) is 15.0 Å². The maximum atomic E-state index is 12.9. The Morgan fingerprint density at radius 3 is 2.81 bits per heavy atom. The Kier molecular flexibility index (Phi) is 6.05. The number of hydrogen-bond donors (Lipinski definition) is 3. The molecule has 2 amide bonds. The number of nitrogens with one attached hydrogen (secondary N) is 3. The van der Waals surface area contributed by atoms with Gasteiger partial charge in [-0.2, -0.15) is 5.10 Å². The Bertz CT molecular complexity index is 791. The molecule has 1 fully saturated rings. The van der Waals surface area contributed by atoms with Crippen LogP contribution >= 0.6 is 0 Å². The van der Waals surface area contributed by atoms with Gasteiger partial charge in [0.1, 0.15) is 11.9 Å². The van der Waals surface area contributed by atoms with Crippen molar-refractivity contribution in [3.63, 3.8) is 0 Å². The number of ether oxygens (including phenoxy) is 1. The third-order valence-electron chi connectivity index (χ3n) is 4.56. The lowest BCUT2D eigenvalue weighted by Crippen LogP contribution is -2.27. The number of anilines is 1. The average Bonchev–Trinajstić information content (AvgIpc) is 3.26. The molecule has 1 aromatic heterocycles. The highest BCUT2D eigenvalue weighted by Gasteiger charge is 2.29. The summed E-state index contributed by atoms with van der Waals surface area (Å²) in [6.45, 7) is 2.38. The van der Waals surface area contributed by atoms with Crippen LogP contribution in [-0.4, -0.2) is 34.8 Å². The van der Waals surface area contributed by atoms with Crippen molar-refractivity contribution in [3.8, 4) is 0 Å². The van der Waals surface area contributed by atoms with E-state index < -0.39 is 0 Å². The Morgan fingerprint density at radius 1 is 1.30 bits per heavy atom. The number of hydrogen-bond acceptors (Lipinski definition) is 4. The first kappa shape index (κ1) is 18.9. The summed E-state index contributed by atoms with van der Waals surface area (Å²) >= 11 is 0. The van der Waals surface area contributed by atoms with Crippen molar-refractivity contribution in [3.05, 3.63) is 47.4 Å². The van der Waals surface area contributed by atoms with E-state index >= 15 is 0 Å². The van der Waals surface area contributed by atoms with E-state index in [-0.39, 0.29) is 36.3 Å². The van der Waals surface area contributed by atoms with Gasteiger partial charge in [-0.05, 0) is 43.9 Å². The summed E-state index contributed by atoms with van der Waals surface area (Å²) < 4.78 is 18.3. The lowest BCUT2D eigenvalue weighted by molar-refractivity contribution is -0.115. The Hall–Kier alpha value is -2.90. The van der Waals surface area contributed by atoms with E-state index in [1.807, 2.05) is 13.0 Å². The number of carbonyl (C=O) groups excluding carboxylic acids is 2. The molecular weight excluding hydrogens is 351 g/mol. The summed E-state index contributed by atoms with van der Waals surface area (Å²) in [7, 11) is 0. The van der Waals surface area contributed by atoms with E-state index in [1.165, 1.54) is 12.1 Å². The van der Waals surface area contributed by atoms with Crippen molar-refractivity contribution in [1.82, 2.24) is 15.5 Å². The predicted octanol–water partition coefficient (Wildman–Crippen LogP) is 3.11. The summed E-state index contributed by atoms with van der Waals surface area (Å²) in [5, 5.41) is 12.5. The zero-order valence-electron chi connectivity index (χ0n) is 15.1. The van der Waals surface area contributed by atoms with Gasteiger partial charge >= 0.3 is 6.09 Å². The smallest absolute Gasteiger partial charge is 0.407 e. The maximum absolute atomic E-state index is 12.9. The molecule has 1 saturated carbocycles. The average molecular weight is 374 g/mol. The number of nitrogens with zero attached hydrogens (tertiary/aromatic N) is 1. The van der Waals surface area contributed by atoms with Crippen LogP contribution in [0.5, 0.6) is 0 Å². The van der Waals surface area contributed by atoms with Gasteiger partial charge in [0.2, 0.25) is 5.91 Å². The van der Waals surface area contributed by atoms with Crippen molar-refractivity contribution in [2.24, 2.45) is 0 Å². The number of aromatic nitrogens is 2. The Balaban J connectivity index is 1.50. The molecular formula is C19H23FN4O3. The molecule has 0 radical (unpaired) electrons. The molecule has 0 saturated heterocycles. The Morgan fingerprint density at radius 2 is 2.07 bits per heavy atom. The topological polar surface area (TPSA) is 96.1 Å². The normalized spacial score (nSPS) is 18.9. The summed E-state index contributed by atoms with van der Waals surface area (Å²) in [5.41, 5.74) is 1.64. The number of amides is 2. The second-order valence-electron chi connectivity index (χ2n) is 6.63. The quantitative estimate of drug-likeness (QED) is 0.724. The lowest BCUT2D eigenvalue weighted by Gasteiger charge is -2.12. The SMILES string of the molecule is CCNC(=O)OC1CCC(c2cc(NC(=O)Cc3ccc(F)cc3)n[nH]2)C1. The molecule has 1 heterocycles. The molecule has 0 spiro atoms. The van der Waals surface area contributed by atoms with Crippen molar-refractivity contribution >= 4 is 17.8 Å². The third-order valence-corrected chi connectivity index (χ3v) is 4.56. The molecule has 1 aliphatic rings. The second kappa shape index (κ2) is 8.66. The zero-order valence-corrected chi connectivity index (χ0v) is 15.1. The van der Waals surface area contributed by atoms with Gasteiger partial charge in [-0.25, -0.2) is 9.18 Å². The van der Waals surface area contributed by atoms with E-state index in [9.17, 15) is 14.0 Å². The predicted molar refractivity (Wildman–Crippen MR) is 97.9 cm³/mol. The number of benzene rings is 1. The van der Waals surface area contributed by atoms with Gasteiger partial charge in [0, 0.05) is 24.2 Å². The number of carbonyl (C=O) groups is 2. The van der Waals surface area contributed by atoms with Crippen LogP contribution in [0, 0.1) is 5.82 Å². The van der Waals surface area contributed by atoms with Crippen molar-refractivity contribution in [2.45, 2.75) is 44.6 Å². The summed E-state index contributed by atoms with van der Waals surface area (Å²) in [5.74, 6) is 0.107. The standard InChI is InChI=1S/C19H23FN4O3/c1-2-21-19(26)27-15-8-5-13(10-15)16-11-17(24-23-16)22-18(25)9-12-3-6-14(20)7-4-12/h3-4,6-7,11,13,15H,2,5,8-10H2,1H3,(H,21,26)(H2,22,23,24,25). The number of halogens is 1. The molecule has 3 rings (SSSR count). The minimum Gasteiger partial charge on any atom is -0.446 e. The highest BCUT2D eigenvalue weighted by molar-refractivity contribution is 5.91. The van der Waals surface area contributed by atoms with Gasteiger partial charge in [-0.15, -0.1) is 0 Å². The van der Waals surface area contributed by atoms with Crippen molar-refractivity contribution in [2.75, 3.05) is 11.9 Å². The Labute approximate surface area is 156 Å². The van der Waals surface area contributed by atoms with Gasteiger partial charge in [0.05, 0.1) is 6.42 Å². The molecule has 27 heavy (non-hydrogen) atoms. The molecule has 2 aromatic rings. The second-order valence-corrected chi connectivity index (χ2v) is 6.63. The number of rotatable bonds is 6. The summed E-state index contributed by atoms with van der Waals surface area (Å²) in [6, 6.07) is 7.63. The van der Waals surface area contributed by atoms with Gasteiger partial charge in [0.25, 0.3) is 0 Å². The van der Waals surface area contributed by atoms with E-state index in [4.69, 9.17) is 4.74 Å². The fraction of sp³-hybridized carbons (Fsp3) is 0.421. The van der Waals surface area contributed by atoms with Crippen LogP contribution in [0.3, 0.4) is 0 Å². The minimum atomic E-state index is -0.387. The molecule has 2 atom stereocenters. The van der Waals surface area contributed by atoms with Crippen molar-refractivity contribution < 1.29 is 18.7 Å². The maximum Gasteiger partial charge on any atom is 0.407 e. The van der Waals surface area contributed by atoms with Crippen molar-refractivity contribution in [1.29, 1.82) is 0 Å². The van der Waals surface area contributed by atoms with E-state index in [0.717, 1.165) is 30.5 Å². The number of H-pyrrole nitrogens is 1. The van der Waals surface area contributed by atoms with Gasteiger partial charge < -0.3 is 15.4 Å². The van der Waals surface area contributed by atoms with Crippen LogP contribution in [0.25, 0.3) is 0 Å². The minimum absolute atomic E-state index is 0.110. The molecule has 8 heteroatoms. The van der Waals surface area contributed by atoms with E-state index in [2.05, 4.69) is 20.8 Å². The van der Waals surface area contributed by atoms with Gasteiger partial charge in [-0.1, -0.05) is 12.1 Å².